The molecular formula is C11H16N2O3S. The van der Waals surface area contributed by atoms with Gasteiger partial charge in [0.2, 0.25) is 10.0 Å². The van der Waals surface area contributed by atoms with Gasteiger partial charge in [0.1, 0.15) is 5.75 Å². The molecule has 0 unspecified atom stereocenters. The van der Waals surface area contributed by atoms with Gasteiger partial charge in [-0.15, -0.1) is 0 Å². The monoisotopic (exact) mass is 256 g/mol. The van der Waals surface area contributed by atoms with Crippen molar-refractivity contribution in [2.24, 2.45) is 11.1 Å². The second-order valence-electron chi connectivity index (χ2n) is 4.33. The number of ether oxygens (including phenoxy) is 1. The average molecular weight is 256 g/mol. The van der Waals surface area contributed by atoms with Crippen molar-refractivity contribution in [2.45, 2.75) is 24.2 Å². The lowest BCUT2D eigenvalue weighted by Crippen LogP contribution is -2.12. The molecule has 0 aliphatic heterocycles. The van der Waals surface area contributed by atoms with E-state index in [1.807, 2.05) is 0 Å². The number of nitrogens with two attached hydrogens (primary N) is 2. The highest BCUT2D eigenvalue weighted by atomic mass is 32.2. The number of hydrogen-bond acceptors (Lipinski definition) is 4. The van der Waals surface area contributed by atoms with Crippen molar-refractivity contribution in [3.63, 3.8) is 0 Å². The maximum Gasteiger partial charge on any atom is 0.238 e. The molecule has 1 aliphatic carbocycles. The van der Waals surface area contributed by atoms with Crippen LogP contribution in [-0.2, 0) is 10.0 Å². The zero-order chi connectivity index (χ0) is 12.5. The summed E-state index contributed by atoms with van der Waals surface area (Å²) in [6, 6.07) is 4.24. The smallest absolute Gasteiger partial charge is 0.238 e. The molecule has 94 valence electrons. The molecule has 6 heteroatoms. The highest BCUT2D eigenvalue weighted by Crippen LogP contribution is 2.33. The fourth-order valence-corrected chi connectivity index (χ4v) is 2.09. The lowest BCUT2D eigenvalue weighted by Gasteiger charge is -2.09. The third-order valence-corrected chi connectivity index (χ3v) is 3.71. The van der Waals surface area contributed by atoms with Gasteiger partial charge in [-0.1, -0.05) is 12.8 Å². The molecule has 1 fully saturated rings. The molecule has 0 heterocycles. The van der Waals surface area contributed by atoms with E-state index in [1.165, 1.54) is 31.0 Å². The molecule has 0 amide bonds. The van der Waals surface area contributed by atoms with Crippen LogP contribution in [0.25, 0.3) is 0 Å². The van der Waals surface area contributed by atoms with Crippen LogP contribution in [0.5, 0.6) is 5.75 Å². The van der Waals surface area contributed by atoms with Crippen molar-refractivity contribution in [2.75, 3.05) is 12.3 Å². The molecule has 0 aromatic heterocycles. The summed E-state index contributed by atoms with van der Waals surface area (Å²) in [5.41, 5.74) is 6.13. The predicted molar refractivity (Wildman–Crippen MR) is 65.1 cm³/mol. The Labute approximate surface area is 101 Å². The maximum absolute atomic E-state index is 11.2. The minimum Gasteiger partial charge on any atom is -0.491 e. The topological polar surface area (TPSA) is 95.4 Å². The van der Waals surface area contributed by atoms with Crippen LogP contribution >= 0.6 is 0 Å². The number of rotatable bonds is 5. The molecule has 1 saturated carbocycles. The van der Waals surface area contributed by atoms with Gasteiger partial charge in [0, 0.05) is 6.07 Å². The van der Waals surface area contributed by atoms with E-state index in [9.17, 15) is 8.42 Å². The van der Waals surface area contributed by atoms with E-state index in [-0.39, 0.29) is 4.90 Å². The standard InChI is InChI=1S/C11H16N2O3S/c12-10-4-3-9(17(13,14)15)7-11(10)16-6-5-8-1-2-8/h3-4,7-8H,1-2,5-6,12H2,(H2,13,14,15). The largest absolute Gasteiger partial charge is 0.491 e. The number of sulfonamides is 1. The minimum atomic E-state index is -3.71. The molecular weight excluding hydrogens is 240 g/mol. The van der Waals surface area contributed by atoms with Gasteiger partial charge < -0.3 is 10.5 Å². The Hall–Kier alpha value is -1.27. The third-order valence-electron chi connectivity index (χ3n) is 2.79. The molecule has 1 aromatic carbocycles. The van der Waals surface area contributed by atoms with E-state index >= 15 is 0 Å². The normalized spacial score (nSPS) is 15.8. The van der Waals surface area contributed by atoms with Crippen molar-refractivity contribution < 1.29 is 13.2 Å². The summed E-state index contributed by atoms with van der Waals surface area (Å²) >= 11 is 0. The molecule has 0 atom stereocenters. The van der Waals surface area contributed by atoms with Gasteiger partial charge in [-0.2, -0.15) is 0 Å². The van der Waals surface area contributed by atoms with Crippen LogP contribution in [0.4, 0.5) is 5.69 Å². The minimum absolute atomic E-state index is 0.0214. The van der Waals surface area contributed by atoms with Crippen LogP contribution in [0.15, 0.2) is 23.1 Å². The summed E-state index contributed by atoms with van der Waals surface area (Å²) in [5.74, 6) is 1.15. The fraction of sp³-hybridized carbons (Fsp3) is 0.455. The molecule has 2 rings (SSSR count). The van der Waals surface area contributed by atoms with E-state index in [4.69, 9.17) is 15.6 Å². The van der Waals surface area contributed by atoms with Crippen molar-refractivity contribution in [1.82, 2.24) is 0 Å². The lowest BCUT2D eigenvalue weighted by molar-refractivity contribution is 0.303. The van der Waals surface area contributed by atoms with E-state index in [1.54, 1.807) is 0 Å². The van der Waals surface area contributed by atoms with Crippen molar-refractivity contribution in [3.05, 3.63) is 18.2 Å². The second kappa shape index (κ2) is 4.54. The molecule has 17 heavy (non-hydrogen) atoms. The molecule has 0 spiro atoms. The van der Waals surface area contributed by atoms with Crippen LogP contribution in [0.2, 0.25) is 0 Å². The van der Waals surface area contributed by atoms with Crippen molar-refractivity contribution in [1.29, 1.82) is 0 Å². The van der Waals surface area contributed by atoms with E-state index < -0.39 is 10.0 Å². The summed E-state index contributed by atoms with van der Waals surface area (Å²) in [7, 11) is -3.71. The Bertz CT molecular complexity index is 509. The molecule has 1 aliphatic rings. The SMILES string of the molecule is Nc1ccc(S(N)(=O)=O)cc1OCCC1CC1. The van der Waals surface area contributed by atoms with E-state index in [0.717, 1.165) is 12.3 Å². The summed E-state index contributed by atoms with van der Waals surface area (Å²) in [4.78, 5) is 0.0214. The van der Waals surface area contributed by atoms with Gasteiger partial charge >= 0.3 is 0 Å². The van der Waals surface area contributed by atoms with Crippen molar-refractivity contribution in [3.8, 4) is 5.75 Å². The number of hydrogen-bond donors (Lipinski definition) is 2. The first-order valence-electron chi connectivity index (χ1n) is 5.52. The molecule has 0 radical (unpaired) electrons. The van der Waals surface area contributed by atoms with Gasteiger partial charge in [0.15, 0.2) is 0 Å². The van der Waals surface area contributed by atoms with Gasteiger partial charge in [-0.25, -0.2) is 13.6 Å². The number of nitrogen functional groups attached to an aromatic ring is 1. The first-order chi connectivity index (χ1) is 7.97. The molecule has 5 nitrogen and oxygen atoms in total. The van der Waals surface area contributed by atoms with Crippen LogP contribution in [0.3, 0.4) is 0 Å². The molecule has 4 N–H and O–H groups in total. The van der Waals surface area contributed by atoms with E-state index in [0.29, 0.717) is 18.0 Å². The lowest BCUT2D eigenvalue weighted by atomic mass is 10.3. The van der Waals surface area contributed by atoms with Crippen molar-refractivity contribution >= 4 is 15.7 Å². The summed E-state index contributed by atoms with van der Waals surface area (Å²) in [6.07, 6.45) is 3.51. The molecule has 1 aromatic rings. The number of anilines is 1. The molecule has 0 bridgehead atoms. The Kier molecular flexibility index (Phi) is 3.26. The van der Waals surface area contributed by atoms with E-state index in [2.05, 4.69) is 0 Å². The zero-order valence-corrected chi connectivity index (χ0v) is 10.2. The first-order valence-corrected chi connectivity index (χ1v) is 7.06. The van der Waals surface area contributed by atoms with Gasteiger partial charge in [-0.05, 0) is 24.5 Å². The van der Waals surface area contributed by atoms with Crippen LogP contribution in [-0.4, -0.2) is 15.0 Å². The summed E-state index contributed by atoms with van der Waals surface area (Å²) < 4.78 is 27.8. The van der Waals surface area contributed by atoms with Gasteiger partial charge in [0.05, 0.1) is 17.2 Å². The Morgan fingerprint density at radius 2 is 2.06 bits per heavy atom. The molecule has 0 saturated heterocycles. The quantitative estimate of drug-likeness (QED) is 0.771. The summed E-state index contributed by atoms with van der Waals surface area (Å²) in [6.45, 7) is 0.558. The number of benzene rings is 1. The fourth-order valence-electron chi connectivity index (χ4n) is 1.56. The van der Waals surface area contributed by atoms with Crippen LogP contribution in [0.1, 0.15) is 19.3 Å². The highest BCUT2D eigenvalue weighted by Gasteiger charge is 2.21. The zero-order valence-electron chi connectivity index (χ0n) is 9.43. The Morgan fingerprint density at radius 3 is 2.65 bits per heavy atom. The Morgan fingerprint density at radius 1 is 1.35 bits per heavy atom. The predicted octanol–water partition coefficient (Wildman–Crippen LogP) is 1.10. The number of primary sulfonamides is 1. The van der Waals surface area contributed by atoms with Gasteiger partial charge in [-0.3, -0.25) is 0 Å². The van der Waals surface area contributed by atoms with Gasteiger partial charge in [0.25, 0.3) is 0 Å². The van der Waals surface area contributed by atoms with Crippen LogP contribution < -0.4 is 15.6 Å². The average Bonchev–Trinajstić information content (AvgIpc) is 3.03. The third kappa shape index (κ3) is 3.34. The summed E-state index contributed by atoms with van der Waals surface area (Å²) in [5, 5.41) is 5.04. The highest BCUT2D eigenvalue weighted by molar-refractivity contribution is 7.89. The second-order valence-corrected chi connectivity index (χ2v) is 5.89. The van der Waals surface area contributed by atoms with Crippen LogP contribution in [0, 0.1) is 5.92 Å². The maximum atomic E-state index is 11.2. The Balaban J connectivity index is 2.08. The first kappa shape index (κ1) is 12.2.